The monoisotopic (exact) mass is 281 g/mol. The van der Waals surface area contributed by atoms with Gasteiger partial charge in [0.05, 0.1) is 0 Å². The van der Waals surface area contributed by atoms with Crippen LogP contribution in [0.5, 0.6) is 0 Å². The average molecular weight is 281 g/mol. The predicted molar refractivity (Wildman–Crippen MR) is 66.4 cm³/mol. The molecule has 20 heavy (non-hydrogen) atoms. The van der Waals surface area contributed by atoms with Crippen molar-refractivity contribution in [3.8, 4) is 0 Å². The smallest absolute Gasteiger partial charge is 0.343 e. The van der Waals surface area contributed by atoms with E-state index in [1.165, 1.54) is 6.33 Å². The number of amides is 3. The first kappa shape index (κ1) is 14.0. The Bertz CT molecular complexity index is 559. The lowest BCUT2D eigenvalue weighted by Crippen LogP contribution is -2.45. The number of H-pyrrole nitrogens is 1. The molecule has 0 aliphatic carbocycles. The molecule has 1 aliphatic heterocycles. The van der Waals surface area contributed by atoms with Gasteiger partial charge in [0.25, 0.3) is 0 Å². The largest absolute Gasteiger partial charge is 0.353 e. The van der Waals surface area contributed by atoms with Crippen LogP contribution in [-0.2, 0) is 20.9 Å². The lowest BCUT2D eigenvalue weighted by molar-refractivity contribution is -0.148. The molecule has 9 heteroatoms. The first-order valence-electron chi connectivity index (χ1n) is 6.27. The Morgan fingerprint density at radius 3 is 2.60 bits per heavy atom. The van der Waals surface area contributed by atoms with Gasteiger partial charge in [-0.05, 0) is 6.42 Å². The standard InChI is InChI=1S/C11H15N5O4/c17-8(6-15-7-13-14-11(15)20)12-4-5-16-9(18)2-1-3-10(16)19/h7H,1-6H2,(H,12,17)(H,14,20). The SMILES string of the molecule is O=C(Cn1cn[nH]c1=O)NCCN1C(=O)CCCC1=O. The molecule has 0 spiro atoms. The van der Waals surface area contributed by atoms with E-state index in [4.69, 9.17) is 0 Å². The minimum absolute atomic E-state index is 0.156. The zero-order valence-corrected chi connectivity index (χ0v) is 10.8. The van der Waals surface area contributed by atoms with Crippen LogP contribution in [0.25, 0.3) is 0 Å². The molecular weight excluding hydrogens is 266 g/mol. The van der Waals surface area contributed by atoms with E-state index in [0.29, 0.717) is 19.3 Å². The summed E-state index contributed by atoms with van der Waals surface area (Å²) in [6.07, 6.45) is 2.54. The van der Waals surface area contributed by atoms with E-state index in [1.54, 1.807) is 0 Å². The molecule has 0 radical (unpaired) electrons. The summed E-state index contributed by atoms with van der Waals surface area (Å²) >= 11 is 0. The highest BCUT2D eigenvalue weighted by molar-refractivity contribution is 5.97. The minimum atomic E-state index is -0.471. The molecule has 1 aromatic rings. The zero-order chi connectivity index (χ0) is 14.5. The second kappa shape index (κ2) is 6.13. The van der Waals surface area contributed by atoms with Gasteiger partial charge in [0.2, 0.25) is 17.7 Å². The van der Waals surface area contributed by atoms with Gasteiger partial charge in [0.1, 0.15) is 12.9 Å². The number of piperidine rings is 1. The van der Waals surface area contributed by atoms with Crippen molar-refractivity contribution in [1.82, 2.24) is 25.0 Å². The van der Waals surface area contributed by atoms with Crippen molar-refractivity contribution in [3.05, 3.63) is 16.8 Å². The summed E-state index contributed by atoms with van der Waals surface area (Å²) in [6.45, 7) is 0.170. The molecule has 1 fully saturated rings. The molecule has 3 amide bonds. The molecule has 0 aromatic carbocycles. The van der Waals surface area contributed by atoms with Gasteiger partial charge in [-0.15, -0.1) is 0 Å². The van der Waals surface area contributed by atoms with Gasteiger partial charge in [-0.25, -0.2) is 9.89 Å². The highest BCUT2D eigenvalue weighted by Gasteiger charge is 2.25. The van der Waals surface area contributed by atoms with Crippen molar-refractivity contribution in [2.45, 2.75) is 25.8 Å². The number of carbonyl (C=O) groups excluding carboxylic acids is 3. The summed E-state index contributed by atoms with van der Waals surface area (Å²) in [7, 11) is 0. The number of imide groups is 1. The Morgan fingerprint density at radius 2 is 2.00 bits per heavy atom. The highest BCUT2D eigenvalue weighted by Crippen LogP contribution is 2.11. The van der Waals surface area contributed by atoms with Gasteiger partial charge < -0.3 is 5.32 Å². The lowest BCUT2D eigenvalue weighted by atomic mass is 10.1. The fraction of sp³-hybridized carbons (Fsp3) is 0.545. The zero-order valence-electron chi connectivity index (χ0n) is 10.8. The van der Waals surface area contributed by atoms with Crippen LogP contribution in [0.4, 0.5) is 0 Å². The van der Waals surface area contributed by atoms with Gasteiger partial charge in [0.15, 0.2) is 0 Å². The van der Waals surface area contributed by atoms with Crippen molar-refractivity contribution in [2.75, 3.05) is 13.1 Å². The fourth-order valence-corrected chi connectivity index (χ4v) is 1.95. The van der Waals surface area contributed by atoms with E-state index in [-0.39, 0.29) is 37.4 Å². The highest BCUT2D eigenvalue weighted by atomic mass is 16.2. The van der Waals surface area contributed by atoms with Crippen molar-refractivity contribution in [3.63, 3.8) is 0 Å². The number of carbonyl (C=O) groups is 3. The molecule has 1 aromatic heterocycles. The Balaban J connectivity index is 1.76. The third kappa shape index (κ3) is 3.31. The predicted octanol–water partition coefficient (Wildman–Crippen LogP) is -1.77. The molecule has 1 aliphatic rings. The molecule has 2 rings (SSSR count). The van der Waals surface area contributed by atoms with E-state index in [2.05, 4.69) is 15.5 Å². The summed E-state index contributed by atoms with van der Waals surface area (Å²) in [5, 5.41) is 8.22. The minimum Gasteiger partial charge on any atom is -0.353 e. The Kier molecular flexibility index (Phi) is 4.28. The third-order valence-corrected chi connectivity index (χ3v) is 2.97. The van der Waals surface area contributed by atoms with Crippen LogP contribution in [-0.4, -0.2) is 50.5 Å². The number of nitrogens with one attached hydrogen (secondary N) is 2. The summed E-state index contributed by atoms with van der Waals surface area (Å²) < 4.78 is 1.12. The molecule has 0 unspecified atom stereocenters. The van der Waals surface area contributed by atoms with Gasteiger partial charge in [-0.2, -0.15) is 5.10 Å². The molecule has 2 heterocycles. The number of hydrogen-bond donors (Lipinski definition) is 2. The van der Waals surface area contributed by atoms with Gasteiger partial charge in [-0.3, -0.25) is 23.9 Å². The van der Waals surface area contributed by atoms with Gasteiger partial charge >= 0.3 is 5.69 Å². The van der Waals surface area contributed by atoms with Crippen molar-refractivity contribution < 1.29 is 14.4 Å². The number of aromatic amines is 1. The number of nitrogens with zero attached hydrogens (tertiary/aromatic N) is 3. The van der Waals surface area contributed by atoms with Crippen LogP contribution in [0.3, 0.4) is 0 Å². The average Bonchev–Trinajstić information content (AvgIpc) is 2.79. The number of aromatic nitrogens is 3. The van der Waals surface area contributed by atoms with Gasteiger partial charge in [-0.1, -0.05) is 0 Å². The van der Waals surface area contributed by atoms with Gasteiger partial charge in [0, 0.05) is 25.9 Å². The van der Waals surface area contributed by atoms with Crippen LogP contribution >= 0.6 is 0 Å². The Hall–Kier alpha value is -2.45. The maximum absolute atomic E-state index is 11.6. The molecule has 0 bridgehead atoms. The molecule has 1 saturated heterocycles. The van der Waals surface area contributed by atoms with Crippen LogP contribution < -0.4 is 11.0 Å². The summed E-state index contributed by atoms with van der Waals surface area (Å²) in [5.41, 5.74) is -0.471. The molecule has 0 saturated carbocycles. The first-order valence-corrected chi connectivity index (χ1v) is 6.27. The summed E-state index contributed by atoms with van der Waals surface area (Å²) in [4.78, 5) is 46.9. The summed E-state index contributed by atoms with van der Waals surface area (Å²) in [5.74, 6) is -0.798. The normalized spacial score (nSPS) is 15.5. The summed E-state index contributed by atoms with van der Waals surface area (Å²) in [6, 6.07) is 0. The lowest BCUT2D eigenvalue weighted by Gasteiger charge is -2.24. The Morgan fingerprint density at radius 1 is 1.30 bits per heavy atom. The molecule has 9 nitrogen and oxygen atoms in total. The van der Waals surface area contributed by atoms with Crippen LogP contribution in [0.1, 0.15) is 19.3 Å². The number of likely N-dealkylation sites (tertiary alicyclic amines) is 1. The number of hydrogen-bond acceptors (Lipinski definition) is 5. The molecule has 108 valence electrons. The maximum Gasteiger partial charge on any atom is 0.343 e. The van der Waals surface area contributed by atoms with Crippen molar-refractivity contribution in [1.29, 1.82) is 0 Å². The third-order valence-electron chi connectivity index (χ3n) is 2.97. The van der Waals surface area contributed by atoms with E-state index in [1.807, 2.05) is 0 Å². The molecule has 0 atom stereocenters. The van der Waals surface area contributed by atoms with E-state index >= 15 is 0 Å². The Labute approximate surface area is 113 Å². The van der Waals surface area contributed by atoms with Crippen molar-refractivity contribution in [2.24, 2.45) is 0 Å². The van der Waals surface area contributed by atoms with E-state index < -0.39 is 5.69 Å². The first-order chi connectivity index (χ1) is 9.58. The molecule has 2 N–H and O–H groups in total. The van der Waals surface area contributed by atoms with Crippen LogP contribution in [0, 0.1) is 0 Å². The van der Waals surface area contributed by atoms with E-state index in [0.717, 1.165) is 9.47 Å². The number of rotatable bonds is 5. The second-order valence-corrected chi connectivity index (χ2v) is 4.43. The maximum atomic E-state index is 11.6. The van der Waals surface area contributed by atoms with E-state index in [9.17, 15) is 19.2 Å². The molecular formula is C11H15N5O4. The fourth-order valence-electron chi connectivity index (χ4n) is 1.95. The quantitative estimate of drug-likeness (QED) is 0.619. The van der Waals surface area contributed by atoms with Crippen LogP contribution in [0.2, 0.25) is 0 Å². The topological polar surface area (TPSA) is 117 Å². The second-order valence-electron chi connectivity index (χ2n) is 4.43. The van der Waals surface area contributed by atoms with Crippen molar-refractivity contribution >= 4 is 17.7 Å². The van der Waals surface area contributed by atoms with Crippen LogP contribution in [0.15, 0.2) is 11.1 Å².